The van der Waals surface area contributed by atoms with Gasteiger partial charge < -0.3 is 0 Å². The van der Waals surface area contributed by atoms with E-state index in [0.29, 0.717) is 0 Å². The van der Waals surface area contributed by atoms with E-state index in [0.717, 1.165) is 12.8 Å². The van der Waals surface area contributed by atoms with Crippen molar-refractivity contribution < 1.29 is 0 Å². The molecule has 0 saturated carbocycles. The second-order valence-corrected chi connectivity index (χ2v) is 4.45. The second-order valence-electron chi connectivity index (χ2n) is 4.45. The number of aryl methyl sites for hydroxylation is 2. The topological polar surface area (TPSA) is 0 Å². The first-order chi connectivity index (χ1) is 8.84. The average molecular weight is 234 g/mol. The van der Waals surface area contributed by atoms with E-state index in [-0.39, 0.29) is 0 Å². The summed E-state index contributed by atoms with van der Waals surface area (Å²) in [4.78, 5) is 0. The molecule has 0 bridgehead atoms. The van der Waals surface area contributed by atoms with Crippen LogP contribution in [0.25, 0.3) is 6.08 Å². The third kappa shape index (κ3) is 4.08. The van der Waals surface area contributed by atoms with Crippen molar-refractivity contribution >= 4 is 6.08 Å². The van der Waals surface area contributed by atoms with Crippen LogP contribution in [0.5, 0.6) is 0 Å². The molecule has 2 aromatic carbocycles. The molecule has 0 spiro atoms. The predicted octanol–water partition coefficient (Wildman–Crippen LogP) is 4.80. The van der Waals surface area contributed by atoms with E-state index >= 15 is 0 Å². The zero-order valence-electron chi connectivity index (χ0n) is 10.8. The van der Waals surface area contributed by atoms with Crippen LogP contribution in [-0.4, -0.2) is 0 Å². The highest BCUT2D eigenvalue weighted by Crippen LogP contribution is 2.05. The molecule has 0 atom stereocenters. The van der Waals surface area contributed by atoms with Crippen molar-refractivity contribution in [2.75, 3.05) is 0 Å². The third-order valence-electron chi connectivity index (χ3n) is 2.87. The lowest BCUT2D eigenvalue weighted by Crippen LogP contribution is -1.80. The number of hydrogen-bond acceptors (Lipinski definition) is 0. The molecular weight excluding hydrogens is 216 g/mol. The molecule has 0 N–H and O–H groups in total. The van der Waals surface area contributed by atoms with Crippen molar-refractivity contribution in [1.29, 1.82) is 0 Å². The van der Waals surface area contributed by atoms with Gasteiger partial charge in [0.05, 0.1) is 0 Å². The molecule has 0 aliphatic carbocycles. The molecule has 0 fully saturated rings. The summed E-state index contributed by atoms with van der Waals surface area (Å²) in [5.41, 5.74) is 7.12. The van der Waals surface area contributed by atoms with Crippen molar-refractivity contribution in [3.8, 4) is 0 Å². The van der Waals surface area contributed by atoms with Crippen LogP contribution in [0.2, 0.25) is 0 Å². The van der Waals surface area contributed by atoms with Gasteiger partial charge in [0.2, 0.25) is 0 Å². The monoisotopic (exact) mass is 234 g/mol. The Morgan fingerprint density at radius 2 is 1.67 bits per heavy atom. The Morgan fingerprint density at radius 3 is 2.39 bits per heavy atom. The molecule has 0 saturated heterocycles. The van der Waals surface area contributed by atoms with E-state index in [2.05, 4.69) is 73.3 Å². The van der Waals surface area contributed by atoms with Gasteiger partial charge in [0, 0.05) is 0 Å². The van der Waals surface area contributed by atoms with Crippen molar-refractivity contribution in [3.05, 3.63) is 83.1 Å². The number of allylic oxidation sites excluding steroid dienone is 1. The van der Waals surface area contributed by atoms with Gasteiger partial charge in [0.15, 0.2) is 0 Å². The molecule has 0 aliphatic rings. The molecule has 18 heavy (non-hydrogen) atoms. The summed E-state index contributed by atoms with van der Waals surface area (Å²) >= 11 is 0. The predicted molar refractivity (Wildman–Crippen MR) is 78.5 cm³/mol. The Labute approximate surface area is 109 Å². The van der Waals surface area contributed by atoms with E-state index in [4.69, 9.17) is 0 Å². The Kier molecular flexibility index (Phi) is 4.58. The molecule has 0 amide bonds. The Bertz CT molecular complexity index is 526. The molecule has 0 heteroatoms. The van der Waals surface area contributed by atoms with Crippen LogP contribution in [0.3, 0.4) is 0 Å². The molecule has 2 rings (SSSR count). The normalized spacial score (nSPS) is 9.61. The Hall–Kier alpha value is -2.04. The van der Waals surface area contributed by atoms with Gasteiger partial charge in [-0.3, -0.25) is 0 Å². The smallest absolute Gasteiger partial charge is 0.0131 e. The average Bonchev–Trinajstić information content (AvgIpc) is 2.42. The third-order valence-corrected chi connectivity index (χ3v) is 2.87. The summed E-state index contributed by atoms with van der Waals surface area (Å²) in [7, 11) is 0. The van der Waals surface area contributed by atoms with E-state index in [9.17, 15) is 0 Å². The first kappa shape index (κ1) is 12.4. The van der Waals surface area contributed by atoms with E-state index in [1.807, 2.05) is 6.08 Å². The Morgan fingerprint density at radius 1 is 0.944 bits per heavy atom. The van der Waals surface area contributed by atoms with Crippen LogP contribution in [0.1, 0.15) is 23.1 Å². The number of rotatable bonds is 4. The highest BCUT2D eigenvalue weighted by Gasteiger charge is 1.87. The van der Waals surface area contributed by atoms with Gasteiger partial charge in [-0.05, 0) is 43.0 Å². The first-order valence-electron chi connectivity index (χ1n) is 6.36. The van der Waals surface area contributed by atoms with Gasteiger partial charge in [-0.25, -0.2) is 0 Å². The van der Waals surface area contributed by atoms with Gasteiger partial charge in [-0.2, -0.15) is 0 Å². The van der Waals surface area contributed by atoms with Crippen LogP contribution in [0.15, 0.2) is 66.4 Å². The maximum absolute atomic E-state index is 3.24. The van der Waals surface area contributed by atoms with Crippen molar-refractivity contribution in [1.82, 2.24) is 0 Å². The molecule has 0 unspecified atom stereocenters. The van der Waals surface area contributed by atoms with Gasteiger partial charge in [-0.1, -0.05) is 60.2 Å². The molecular formula is C18H18. The second kappa shape index (κ2) is 6.64. The van der Waals surface area contributed by atoms with Crippen LogP contribution in [0, 0.1) is 6.92 Å². The lowest BCUT2D eigenvalue weighted by Gasteiger charge is -1.95. The minimum Gasteiger partial charge on any atom is -0.125 e. The molecule has 2 aromatic rings. The summed E-state index contributed by atoms with van der Waals surface area (Å²) in [6.45, 7) is 2.10. The summed E-state index contributed by atoms with van der Waals surface area (Å²) < 4.78 is 0. The zero-order chi connectivity index (χ0) is 12.6. The lowest BCUT2D eigenvalue weighted by atomic mass is 10.1. The van der Waals surface area contributed by atoms with Gasteiger partial charge in [-0.15, -0.1) is 5.73 Å². The molecule has 0 nitrogen and oxygen atoms in total. The maximum atomic E-state index is 3.24. The van der Waals surface area contributed by atoms with E-state index in [1.165, 1.54) is 16.7 Å². The standard InChI is InChI=1S/C18H18/c1-16-12-14-18(15-13-16)11-7-3-6-10-17-8-4-2-5-9-17/h2-5,8-9,11-15H,6,10H2,1H3. The zero-order valence-corrected chi connectivity index (χ0v) is 10.8. The lowest BCUT2D eigenvalue weighted by molar-refractivity contribution is 1.00. The molecule has 0 heterocycles. The van der Waals surface area contributed by atoms with Crippen LogP contribution in [0.4, 0.5) is 0 Å². The molecule has 0 radical (unpaired) electrons. The molecule has 90 valence electrons. The first-order valence-corrected chi connectivity index (χ1v) is 6.36. The fourth-order valence-electron chi connectivity index (χ4n) is 1.78. The van der Waals surface area contributed by atoms with E-state index < -0.39 is 0 Å². The van der Waals surface area contributed by atoms with Crippen LogP contribution >= 0.6 is 0 Å². The largest absolute Gasteiger partial charge is 0.125 e. The molecule has 0 aromatic heterocycles. The summed E-state index contributed by atoms with van der Waals surface area (Å²) in [6, 6.07) is 19.0. The quantitative estimate of drug-likeness (QED) is 0.667. The van der Waals surface area contributed by atoms with Crippen molar-refractivity contribution in [3.63, 3.8) is 0 Å². The maximum Gasteiger partial charge on any atom is -0.0131 e. The minimum atomic E-state index is 1.03. The summed E-state index contributed by atoms with van der Waals surface area (Å²) in [5, 5.41) is 0. The summed E-state index contributed by atoms with van der Waals surface area (Å²) in [6.07, 6.45) is 6.25. The fourth-order valence-corrected chi connectivity index (χ4v) is 1.78. The van der Waals surface area contributed by atoms with Crippen LogP contribution < -0.4 is 0 Å². The van der Waals surface area contributed by atoms with Gasteiger partial charge in [0.25, 0.3) is 0 Å². The number of benzene rings is 2. The van der Waals surface area contributed by atoms with Crippen molar-refractivity contribution in [2.24, 2.45) is 0 Å². The van der Waals surface area contributed by atoms with Crippen LogP contribution in [-0.2, 0) is 6.42 Å². The van der Waals surface area contributed by atoms with Gasteiger partial charge in [0.1, 0.15) is 0 Å². The van der Waals surface area contributed by atoms with Crippen molar-refractivity contribution in [2.45, 2.75) is 19.8 Å². The number of hydrogen-bond donors (Lipinski definition) is 0. The highest BCUT2D eigenvalue weighted by molar-refractivity contribution is 5.48. The Balaban J connectivity index is 1.86. The SMILES string of the molecule is Cc1ccc(C=C=CCCc2ccccc2)cc1. The van der Waals surface area contributed by atoms with Gasteiger partial charge >= 0.3 is 0 Å². The fraction of sp³-hybridized carbons (Fsp3) is 0.167. The molecule has 0 aliphatic heterocycles. The highest BCUT2D eigenvalue weighted by atomic mass is 13.9. The summed E-state index contributed by atoms with van der Waals surface area (Å²) in [5.74, 6) is 0. The minimum absolute atomic E-state index is 1.03. The van der Waals surface area contributed by atoms with E-state index in [1.54, 1.807) is 0 Å².